The maximum absolute atomic E-state index is 12.4. The van der Waals surface area contributed by atoms with Crippen LogP contribution in [0.15, 0.2) is 0 Å². The van der Waals surface area contributed by atoms with Crippen LogP contribution in [0.4, 0.5) is 4.79 Å². The number of nitriles is 1. The van der Waals surface area contributed by atoms with Gasteiger partial charge >= 0.3 is 6.09 Å². The number of ether oxygens (including phenoxy) is 1. The van der Waals surface area contributed by atoms with Gasteiger partial charge in [-0.15, -0.1) is 0 Å². The van der Waals surface area contributed by atoms with Crippen LogP contribution in [0.5, 0.6) is 0 Å². The van der Waals surface area contributed by atoms with Crippen molar-refractivity contribution in [3.63, 3.8) is 0 Å². The molecular formula is C18H29N3O3. The van der Waals surface area contributed by atoms with Crippen LogP contribution in [0, 0.1) is 22.7 Å². The van der Waals surface area contributed by atoms with Crippen LogP contribution in [0.2, 0.25) is 0 Å². The minimum Gasteiger partial charge on any atom is -0.444 e. The average Bonchev–Trinajstić information content (AvgIpc) is 2.45. The third-order valence-electron chi connectivity index (χ3n) is 5.03. The first-order valence-corrected chi connectivity index (χ1v) is 8.87. The average molecular weight is 335 g/mol. The van der Waals surface area contributed by atoms with Crippen LogP contribution in [-0.2, 0) is 9.53 Å². The number of piperidine rings is 1. The minimum atomic E-state index is -0.826. The molecule has 1 saturated carbocycles. The van der Waals surface area contributed by atoms with Crippen molar-refractivity contribution in [2.45, 2.75) is 71.4 Å². The lowest BCUT2D eigenvalue weighted by Gasteiger charge is -2.39. The molecule has 1 aliphatic heterocycles. The van der Waals surface area contributed by atoms with Crippen molar-refractivity contribution in [2.75, 3.05) is 13.1 Å². The summed E-state index contributed by atoms with van der Waals surface area (Å²) in [4.78, 5) is 26.4. The molecule has 0 radical (unpaired) electrons. The first-order chi connectivity index (χ1) is 11.2. The quantitative estimate of drug-likeness (QED) is 0.860. The minimum absolute atomic E-state index is 0.0615. The van der Waals surface area contributed by atoms with E-state index in [1.165, 1.54) is 0 Å². The molecule has 1 aliphatic carbocycles. The molecule has 0 spiro atoms. The van der Waals surface area contributed by atoms with Gasteiger partial charge < -0.3 is 15.0 Å². The standard InChI is InChI=1S/C18H29N3O3/c1-13(20-15(22)18(12-19)8-6-9-18)14-7-5-10-21(11-14)16(23)24-17(2,3)4/h13-14H,5-11H2,1-4H3,(H,20,22)/t13-,14+/m0/s1. The SMILES string of the molecule is C[C@H](NC(=O)C1(C#N)CCC1)[C@@H]1CCCN(C(=O)OC(C)(C)C)C1. The predicted octanol–water partition coefficient (Wildman–Crippen LogP) is 2.83. The fourth-order valence-corrected chi connectivity index (χ4v) is 3.29. The molecule has 0 bridgehead atoms. The molecule has 2 amide bonds. The van der Waals surface area contributed by atoms with Gasteiger partial charge in [0, 0.05) is 19.1 Å². The fourth-order valence-electron chi connectivity index (χ4n) is 3.29. The number of nitrogens with zero attached hydrogens (tertiary/aromatic N) is 2. The van der Waals surface area contributed by atoms with Crippen molar-refractivity contribution in [3.05, 3.63) is 0 Å². The zero-order chi connectivity index (χ0) is 18.0. The van der Waals surface area contributed by atoms with E-state index in [1.807, 2.05) is 27.7 Å². The highest BCUT2D eigenvalue weighted by molar-refractivity contribution is 5.86. The van der Waals surface area contributed by atoms with Gasteiger partial charge in [-0.25, -0.2) is 4.79 Å². The molecule has 134 valence electrons. The molecule has 2 rings (SSSR count). The van der Waals surface area contributed by atoms with Crippen molar-refractivity contribution >= 4 is 12.0 Å². The van der Waals surface area contributed by atoms with Crippen molar-refractivity contribution in [1.82, 2.24) is 10.2 Å². The highest BCUT2D eigenvalue weighted by atomic mass is 16.6. The molecule has 1 heterocycles. The normalized spacial score (nSPS) is 24.3. The Labute approximate surface area is 144 Å². The summed E-state index contributed by atoms with van der Waals surface area (Å²) in [6.07, 6.45) is 3.80. The van der Waals surface area contributed by atoms with E-state index in [9.17, 15) is 14.9 Å². The van der Waals surface area contributed by atoms with Crippen LogP contribution in [0.3, 0.4) is 0 Å². The highest BCUT2D eigenvalue weighted by Crippen LogP contribution is 2.40. The first-order valence-electron chi connectivity index (χ1n) is 8.87. The number of amides is 2. The van der Waals surface area contributed by atoms with Gasteiger partial charge in [0.2, 0.25) is 5.91 Å². The van der Waals surface area contributed by atoms with E-state index in [-0.39, 0.29) is 24.0 Å². The van der Waals surface area contributed by atoms with E-state index >= 15 is 0 Å². The summed E-state index contributed by atoms with van der Waals surface area (Å²) >= 11 is 0. The van der Waals surface area contributed by atoms with Crippen LogP contribution in [-0.4, -0.2) is 41.6 Å². The monoisotopic (exact) mass is 335 g/mol. The maximum Gasteiger partial charge on any atom is 0.410 e. The van der Waals surface area contributed by atoms with Gasteiger partial charge in [-0.3, -0.25) is 4.79 Å². The third kappa shape index (κ3) is 4.19. The Morgan fingerprint density at radius 2 is 2.00 bits per heavy atom. The summed E-state index contributed by atoms with van der Waals surface area (Å²) in [6.45, 7) is 8.80. The second kappa shape index (κ2) is 7.00. The zero-order valence-electron chi connectivity index (χ0n) is 15.2. The first kappa shape index (κ1) is 18.6. The Morgan fingerprint density at radius 3 is 2.50 bits per heavy atom. The van der Waals surface area contributed by atoms with E-state index in [0.717, 1.165) is 19.3 Å². The number of rotatable bonds is 3. The van der Waals surface area contributed by atoms with E-state index in [4.69, 9.17) is 4.74 Å². The molecule has 24 heavy (non-hydrogen) atoms. The van der Waals surface area contributed by atoms with Crippen molar-refractivity contribution in [3.8, 4) is 6.07 Å². The number of nitrogens with one attached hydrogen (secondary N) is 1. The van der Waals surface area contributed by atoms with Gasteiger partial charge in [-0.2, -0.15) is 5.26 Å². The molecule has 0 aromatic carbocycles. The zero-order valence-corrected chi connectivity index (χ0v) is 15.2. The van der Waals surface area contributed by atoms with Crippen molar-refractivity contribution in [2.24, 2.45) is 11.3 Å². The lowest BCUT2D eigenvalue weighted by molar-refractivity contribution is -0.132. The molecule has 6 heteroatoms. The van der Waals surface area contributed by atoms with Crippen molar-refractivity contribution in [1.29, 1.82) is 5.26 Å². The Bertz CT molecular complexity index is 529. The van der Waals surface area contributed by atoms with Gasteiger partial charge in [0.1, 0.15) is 11.0 Å². The second-order valence-corrected chi connectivity index (χ2v) is 8.14. The molecule has 2 atom stereocenters. The van der Waals surface area contributed by atoms with Gasteiger partial charge in [-0.1, -0.05) is 0 Å². The van der Waals surface area contributed by atoms with E-state index in [0.29, 0.717) is 25.9 Å². The highest BCUT2D eigenvalue weighted by Gasteiger charge is 2.45. The van der Waals surface area contributed by atoms with Gasteiger partial charge in [0.25, 0.3) is 0 Å². The van der Waals surface area contributed by atoms with Crippen LogP contribution >= 0.6 is 0 Å². The number of hydrogen-bond acceptors (Lipinski definition) is 4. The van der Waals surface area contributed by atoms with Gasteiger partial charge in [0.15, 0.2) is 0 Å². The summed E-state index contributed by atoms with van der Waals surface area (Å²) in [7, 11) is 0. The van der Waals surface area contributed by atoms with E-state index < -0.39 is 11.0 Å². The molecule has 2 aliphatic rings. The smallest absolute Gasteiger partial charge is 0.410 e. The van der Waals surface area contributed by atoms with Gasteiger partial charge in [0.05, 0.1) is 6.07 Å². The predicted molar refractivity (Wildman–Crippen MR) is 90.0 cm³/mol. The Morgan fingerprint density at radius 1 is 1.33 bits per heavy atom. The van der Waals surface area contributed by atoms with Crippen molar-refractivity contribution < 1.29 is 14.3 Å². The maximum atomic E-state index is 12.4. The summed E-state index contributed by atoms with van der Waals surface area (Å²) in [5.74, 6) is 0.0316. The molecule has 1 saturated heterocycles. The van der Waals surface area contributed by atoms with Crippen LogP contribution in [0.25, 0.3) is 0 Å². The second-order valence-electron chi connectivity index (χ2n) is 8.14. The number of likely N-dealkylation sites (tertiary alicyclic amines) is 1. The molecule has 0 unspecified atom stereocenters. The Kier molecular flexibility index (Phi) is 5.42. The number of hydrogen-bond donors (Lipinski definition) is 1. The summed E-state index contributed by atoms with van der Waals surface area (Å²) in [6, 6.07) is 2.12. The van der Waals surface area contributed by atoms with Crippen LogP contribution < -0.4 is 5.32 Å². The fraction of sp³-hybridized carbons (Fsp3) is 0.833. The van der Waals surface area contributed by atoms with E-state index in [1.54, 1.807) is 4.90 Å². The molecule has 0 aromatic rings. The lowest BCUT2D eigenvalue weighted by atomic mass is 9.69. The molecule has 0 aromatic heterocycles. The lowest BCUT2D eigenvalue weighted by Crippen LogP contribution is -2.53. The topological polar surface area (TPSA) is 82.4 Å². The van der Waals surface area contributed by atoms with Gasteiger partial charge in [-0.05, 0) is 65.7 Å². The largest absolute Gasteiger partial charge is 0.444 e. The van der Waals surface area contributed by atoms with E-state index in [2.05, 4.69) is 11.4 Å². The molecule has 1 N–H and O–H groups in total. The molecule has 6 nitrogen and oxygen atoms in total. The molecule has 2 fully saturated rings. The number of carbonyl (C=O) groups is 2. The summed E-state index contributed by atoms with van der Waals surface area (Å²) in [5, 5.41) is 12.3. The molecular weight excluding hydrogens is 306 g/mol. The number of carbonyl (C=O) groups excluding carboxylic acids is 2. The Hall–Kier alpha value is -1.77. The summed E-state index contributed by atoms with van der Waals surface area (Å²) < 4.78 is 5.44. The Balaban J connectivity index is 1.90. The summed E-state index contributed by atoms with van der Waals surface area (Å²) in [5.41, 5.74) is -1.33. The third-order valence-corrected chi connectivity index (χ3v) is 5.03. The van der Waals surface area contributed by atoms with Crippen LogP contribution in [0.1, 0.15) is 59.8 Å².